The van der Waals surface area contributed by atoms with Crippen LogP contribution in [0.25, 0.3) is 0 Å². The Morgan fingerprint density at radius 2 is 2.00 bits per heavy atom. The third kappa shape index (κ3) is 6.06. The minimum absolute atomic E-state index is 0.556. The number of nitrogens with one attached hydrogen (secondary N) is 1. The Balaban J connectivity index is 2.17. The predicted molar refractivity (Wildman–Crippen MR) is 78.4 cm³/mol. The normalized spacial score (nSPS) is 10.9. The molecule has 0 aliphatic rings. The fraction of sp³-hybridized carbons (Fsp3) is 0.625. The van der Waals surface area contributed by atoms with Crippen LogP contribution in [-0.2, 0) is 0 Å². The second kappa shape index (κ2) is 8.98. The van der Waals surface area contributed by atoms with Crippen LogP contribution in [0.2, 0.25) is 0 Å². The molecular formula is C16H27NO. The zero-order chi connectivity index (χ0) is 13.2. The number of benzene rings is 1. The lowest BCUT2D eigenvalue weighted by Gasteiger charge is -2.10. The van der Waals surface area contributed by atoms with Gasteiger partial charge in [-0.1, -0.05) is 45.7 Å². The van der Waals surface area contributed by atoms with Crippen molar-refractivity contribution in [1.82, 2.24) is 5.32 Å². The van der Waals surface area contributed by atoms with E-state index in [2.05, 4.69) is 44.3 Å². The maximum Gasteiger partial charge on any atom is 0.119 e. The summed E-state index contributed by atoms with van der Waals surface area (Å²) in [6.45, 7) is 9.40. The first-order valence-electron chi connectivity index (χ1n) is 7.17. The topological polar surface area (TPSA) is 21.3 Å². The molecule has 0 aliphatic carbocycles. The molecule has 0 spiro atoms. The van der Waals surface area contributed by atoms with E-state index in [0.29, 0.717) is 5.92 Å². The van der Waals surface area contributed by atoms with E-state index in [1.54, 1.807) is 0 Å². The third-order valence-electron chi connectivity index (χ3n) is 3.03. The molecule has 0 bridgehead atoms. The molecule has 1 aromatic rings. The SMILES string of the molecule is CCCCCNCCOc1cccc(C(C)C)c1. The van der Waals surface area contributed by atoms with Crippen LogP contribution in [0, 0.1) is 0 Å². The lowest BCUT2D eigenvalue weighted by atomic mass is 10.0. The van der Waals surface area contributed by atoms with E-state index in [1.807, 2.05) is 6.07 Å². The quantitative estimate of drug-likeness (QED) is 0.669. The monoisotopic (exact) mass is 249 g/mol. The minimum atomic E-state index is 0.556. The summed E-state index contributed by atoms with van der Waals surface area (Å²) >= 11 is 0. The van der Waals surface area contributed by atoms with Gasteiger partial charge in [0, 0.05) is 6.54 Å². The van der Waals surface area contributed by atoms with Crippen LogP contribution >= 0.6 is 0 Å². The van der Waals surface area contributed by atoms with Crippen molar-refractivity contribution in [3.63, 3.8) is 0 Å². The van der Waals surface area contributed by atoms with Gasteiger partial charge in [-0.25, -0.2) is 0 Å². The zero-order valence-electron chi connectivity index (χ0n) is 12.0. The first-order chi connectivity index (χ1) is 8.74. The van der Waals surface area contributed by atoms with Gasteiger partial charge in [-0.15, -0.1) is 0 Å². The van der Waals surface area contributed by atoms with Gasteiger partial charge in [0.05, 0.1) is 0 Å². The van der Waals surface area contributed by atoms with Crippen molar-refractivity contribution in [3.05, 3.63) is 29.8 Å². The highest BCUT2D eigenvalue weighted by atomic mass is 16.5. The van der Waals surface area contributed by atoms with Crippen molar-refractivity contribution >= 4 is 0 Å². The van der Waals surface area contributed by atoms with Crippen molar-refractivity contribution in [2.75, 3.05) is 19.7 Å². The summed E-state index contributed by atoms with van der Waals surface area (Å²) in [6.07, 6.45) is 3.85. The van der Waals surface area contributed by atoms with E-state index < -0.39 is 0 Å². The molecule has 1 N–H and O–H groups in total. The lowest BCUT2D eigenvalue weighted by molar-refractivity contribution is 0.313. The van der Waals surface area contributed by atoms with E-state index >= 15 is 0 Å². The Hall–Kier alpha value is -1.02. The number of hydrogen-bond acceptors (Lipinski definition) is 2. The van der Waals surface area contributed by atoms with E-state index in [1.165, 1.54) is 24.8 Å². The van der Waals surface area contributed by atoms with Crippen LogP contribution in [-0.4, -0.2) is 19.7 Å². The van der Waals surface area contributed by atoms with Crippen LogP contribution < -0.4 is 10.1 Å². The Kier molecular flexibility index (Phi) is 7.51. The molecule has 1 rings (SSSR count). The van der Waals surface area contributed by atoms with Crippen LogP contribution in [0.3, 0.4) is 0 Å². The highest BCUT2D eigenvalue weighted by Crippen LogP contribution is 2.19. The molecule has 0 heterocycles. The van der Waals surface area contributed by atoms with Crippen molar-refractivity contribution in [2.24, 2.45) is 0 Å². The van der Waals surface area contributed by atoms with Gasteiger partial charge in [0.25, 0.3) is 0 Å². The smallest absolute Gasteiger partial charge is 0.119 e. The second-order valence-corrected chi connectivity index (χ2v) is 5.03. The van der Waals surface area contributed by atoms with Crippen molar-refractivity contribution in [2.45, 2.75) is 46.0 Å². The first kappa shape index (κ1) is 15.0. The first-order valence-corrected chi connectivity index (χ1v) is 7.17. The largest absolute Gasteiger partial charge is 0.492 e. The van der Waals surface area contributed by atoms with Gasteiger partial charge in [-0.3, -0.25) is 0 Å². The molecule has 0 unspecified atom stereocenters. The maximum absolute atomic E-state index is 5.74. The summed E-state index contributed by atoms with van der Waals surface area (Å²) in [5, 5.41) is 3.40. The van der Waals surface area contributed by atoms with Crippen molar-refractivity contribution in [3.8, 4) is 5.75 Å². The fourth-order valence-corrected chi connectivity index (χ4v) is 1.83. The van der Waals surface area contributed by atoms with Gasteiger partial charge >= 0.3 is 0 Å². The lowest BCUT2D eigenvalue weighted by Crippen LogP contribution is -2.22. The summed E-state index contributed by atoms with van der Waals surface area (Å²) in [5.74, 6) is 1.54. The third-order valence-corrected chi connectivity index (χ3v) is 3.03. The average molecular weight is 249 g/mol. The highest BCUT2D eigenvalue weighted by Gasteiger charge is 2.00. The van der Waals surface area contributed by atoms with Crippen LogP contribution in [0.5, 0.6) is 5.75 Å². The number of rotatable bonds is 9. The molecule has 0 fully saturated rings. The second-order valence-electron chi connectivity index (χ2n) is 5.03. The standard InChI is InChI=1S/C16H27NO/c1-4-5-6-10-17-11-12-18-16-9-7-8-15(13-16)14(2)3/h7-9,13-14,17H,4-6,10-12H2,1-3H3. The molecule has 2 nitrogen and oxygen atoms in total. The Bertz CT molecular complexity index is 323. The van der Waals surface area contributed by atoms with Crippen LogP contribution in [0.4, 0.5) is 0 Å². The van der Waals surface area contributed by atoms with E-state index in [9.17, 15) is 0 Å². The van der Waals surface area contributed by atoms with Crippen molar-refractivity contribution < 1.29 is 4.74 Å². The molecule has 102 valence electrons. The number of hydrogen-bond donors (Lipinski definition) is 1. The summed E-state index contributed by atoms with van der Waals surface area (Å²) in [5.41, 5.74) is 1.34. The molecule has 0 radical (unpaired) electrons. The average Bonchev–Trinajstić information content (AvgIpc) is 2.38. The van der Waals surface area contributed by atoms with E-state index in [-0.39, 0.29) is 0 Å². The fourth-order valence-electron chi connectivity index (χ4n) is 1.83. The molecule has 0 saturated heterocycles. The summed E-state index contributed by atoms with van der Waals surface area (Å²) < 4.78 is 5.74. The van der Waals surface area contributed by atoms with Gasteiger partial charge in [0.1, 0.15) is 12.4 Å². The molecule has 0 amide bonds. The van der Waals surface area contributed by atoms with Crippen LogP contribution in [0.1, 0.15) is 51.5 Å². The molecule has 2 heteroatoms. The van der Waals surface area contributed by atoms with Crippen LogP contribution in [0.15, 0.2) is 24.3 Å². The number of unbranched alkanes of at least 4 members (excludes halogenated alkanes) is 2. The van der Waals surface area contributed by atoms with E-state index in [0.717, 1.165) is 25.4 Å². The molecule has 1 aromatic carbocycles. The van der Waals surface area contributed by atoms with Crippen molar-refractivity contribution in [1.29, 1.82) is 0 Å². The highest BCUT2D eigenvalue weighted by molar-refractivity contribution is 5.30. The van der Waals surface area contributed by atoms with Gasteiger partial charge in [-0.2, -0.15) is 0 Å². The summed E-state index contributed by atoms with van der Waals surface area (Å²) in [7, 11) is 0. The zero-order valence-corrected chi connectivity index (χ0v) is 12.0. The van der Waals surface area contributed by atoms with Gasteiger partial charge in [0.2, 0.25) is 0 Å². The molecular weight excluding hydrogens is 222 g/mol. The summed E-state index contributed by atoms with van der Waals surface area (Å²) in [6, 6.07) is 8.39. The van der Waals surface area contributed by atoms with Gasteiger partial charge in [0.15, 0.2) is 0 Å². The van der Waals surface area contributed by atoms with Gasteiger partial charge < -0.3 is 10.1 Å². The minimum Gasteiger partial charge on any atom is -0.492 e. The Labute approximate surface area is 112 Å². The molecule has 0 atom stereocenters. The van der Waals surface area contributed by atoms with E-state index in [4.69, 9.17) is 4.74 Å². The van der Waals surface area contributed by atoms with Gasteiger partial charge in [-0.05, 0) is 36.6 Å². The Morgan fingerprint density at radius 3 is 2.72 bits per heavy atom. The molecule has 18 heavy (non-hydrogen) atoms. The Morgan fingerprint density at radius 1 is 1.17 bits per heavy atom. The predicted octanol–water partition coefficient (Wildman–Crippen LogP) is 3.97. The molecule has 0 aliphatic heterocycles. The maximum atomic E-state index is 5.74. The molecule has 0 saturated carbocycles. The molecule has 0 aromatic heterocycles. The number of ether oxygens (including phenoxy) is 1. The summed E-state index contributed by atoms with van der Waals surface area (Å²) in [4.78, 5) is 0.